The molecule has 5 atom stereocenters. The van der Waals surface area contributed by atoms with Gasteiger partial charge in [-0.1, -0.05) is 48.5 Å². The molecule has 192 valence electrons. The Kier molecular flexibility index (Phi) is 6.59. The highest BCUT2D eigenvalue weighted by atomic mass is 19.1. The van der Waals surface area contributed by atoms with Crippen LogP contribution in [0.2, 0.25) is 0 Å². The van der Waals surface area contributed by atoms with E-state index in [9.17, 15) is 15.0 Å². The van der Waals surface area contributed by atoms with Crippen LogP contribution in [-0.4, -0.2) is 59.6 Å². The molecule has 1 aliphatic heterocycles. The van der Waals surface area contributed by atoms with E-state index < -0.39 is 36.1 Å². The normalized spacial score (nSPS) is 24.2. The first-order valence-corrected chi connectivity index (χ1v) is 11.7. The minimum atomic E-state index is -2.28. The van der Waals surface area contributed by atoms with Gasteiger partial charge in [0, 0.05) is 5.56 Å². The number of hydrogen-bond acceptors (Lipinski definition) is 8. The molecular formula is C26H26FN5O5. The quantitative estimate of drug-likeness (QED) is 0.348. The molecule has 1 fully saturated rings. The number of benzene rings is 2. The first kappa shape index (κ1) is 24.8. The van der Waals surface area contributed by atoms with Crippen molar-refractivity contribution in [3.8, 4) is 5.88 Å². The molecule has 5 rings (SSSR count). The Morgan fingerprint density at radius 2 is 1.86 bits per heavy atom. The lowest BCUT2D eigenvalue weighted by atomic mass is 9.96. The molecule has 0 radical (unpaired) electrons. The van der Waals surface area contributed by atoms with E-state index in [0.29, 0.717) is 5.56 Å². The second-order valence-corrected chi connectivity index (χ2v) is 9.06. The van der Waals surface area contributed by atoms with Crippen molar-refractivity contribution in [1.29, 1.82) is 0 Å². The number of imidazole rings is 1. The van der Waals surface area contributed by atoms with Gasteiger partial charge in [0.1, 0.15) is 18.8 Å². The van der Waals surface area contributed by atoms with Gasteiger partial charge < -0.3 is 19.7 Å². The molecule has 2 aromatic carbocycles. The fourth-order valence-corrected chi connectivity index (χ4v) is 4.25. The molecule has 11 heteroatoms. The number of hydrogen-bond donors (Lipinski definition) is 3. The average molecular weight is 508 g/mol. The number of carbonyl (C=O) groups excluding carboxylic acids is 1. The van der Waals surface area contributed by atoms with Crippen molar-refractivity contribution in [3.05, 3.63) is 78.1 Å². The number of nitrogens with zero attached hydrogens (tertiary/aromatic N) is 4. The van der Waals surface area contributed by atoms with Gasteiger partial charge in [-0.2, -0.15) is 9.97 Å². The van der Waals surface area contributed by atoms with Crippen LogP contribution in [0.1, 0.15) is 36.0 Å². The van der Waals surface area contributed by atoms with Gasteiger partial charge in [-0.15, -0.1) is 0 Å². The Bertz CT molecular complexity index is 1400. The van der Waals surface area contributed by atoms with E-state index in [0.717, 1.165) is 5.56 Å². The van der Waals surface area contributed by atoms with E-state index in [2.05, 4.69) is 20.3 Å². The summed E-state index contributed by atoms with van der Waals surface area (Å²) in [6.45, 7) is 2.76. The SMILES string of the molecule is CC(O)[C@H]1O[C@@H](n2cnc3c(OCc4ccccc4)nc(NC(=O)c4ccccc4)nc32)[C@](C)(F)[C@@H]1O. The molecule has 1 saturated heterocycles. The zero-order chi connectivity index (χ0) is 26.2. The van der Waals surface area contributed by atoms with Gasteiger partial charge in [0.15, 0.2) is 23.1 Å². The van der Waals surface area contributed by atoms with Gasteiger partial charge in [0.25, 0.3) is 5.91 Å². The molecule has 0 saturated carbocycles. The highest BCUT2D eigenvalue weighted by molar-refractivity contribution is 6.03. The van der Waals surface area contributed by atoms with Gasteiger partial charge in [0.05, 0.1) is 12.4 Å². The zero-order valence-electron chi connectivity index (χ0n) is 20.2. The third kappa shape index (κ3) is 4.76. The summed E-state index contributed by atoms with van der Waals surface area (Å²) in [5, 5.41) is 23.1. The number of carbonyl (C=O) groups is 1. The number of alkyl halides is 1. The van der Waals surface area contributed by atoms with Crippen LogP contribution in [0.4, 0.5) is 10.3 Å². The number of fused-ring (bicyclic) bond motifs is 1. The van der Waals surface area contributed by atoms with Gasteiger partial charge in [-0.25, -0.2) is 9.37 Å². The fourth-order valence-electron chi connectivity index (χ4n) is 4.25. The summed E-state index contributed by atoms with van der Waals surface area (Å²) in [6, 6.07) is 17.9. The van der Waals surface area contributed by atoms with Crippen LogP contribution in [0.25, 0.3) is 11.2 Å². The largest absolute Gasteiger partial charge is 0.471 e. The molecule has 0 bridgehead atoms. The number of rotatable bonds is 7. The third-order valence-corrected chi connectivity index (χ3v) is 6.26. The summed E-state index contributed by atoms with van der Waals surface area (Å²) >= 11 is 0. The van der Waals surface area contributed by atoms with Gasteiger partial charge in [-0.05, 0) is 31.5 Å². The maximum Gasteiger partial charge on any atom is 0.258 e. The van der Waals surface area contributed by atoms with Crippen molar-refractivity contribution in [2.45, 2.75) is 50.7 Å². The van der Waals surface area contributed by atoms with E-state index in [1.807, 2.05) is 30.3 Å². The Labute approximate surface area is 211 Å². The van der Waals surface area contributed by atoms with Crippen LogP contribution in [0, 0.1) is 0 Å². The lowest BCUT2D eigenvalue weighted by Gasteiger charge is -2.24. The molecule has 3 N–H and O–H groups in total. The highest BCUT2D eigenvalue weighted by Crippen LogP contribution is 2.43. The first-order chi connectivity index (χ1) is 17.8. The Morgan fingerprint density at radius 1 is 1.19 bits per heavy atom. The fraction of sp³-hybridized carbons (Fsp3) is 0.308. The van der Waals surface area contributed by atoms with Crippen LogP contribution >= 0.6 is 0 Å². The number of halogens is 1. The topological polar surface area (TPSA) is 132 Å². The average Bonchev–Trinajstić information content (AvgIpc) is 3.41. The molecule has 4 aromatic rings. The summed E-state index contributed by atoms with van der Waals surface area (Å²) in [4.78, 5) is 25.9. The molecule has 37 heavy (non-hydrogen) atoms. The Balaban J connectivity index is 1.55. The second-order valence-electron chi connectivity index (χ2n) is 9.06. The van der Waals surface area contributed by atoms with Crippen molar-refractivity contribution >= 4 is 23.0 Å². The standard InChI is InChI=1S/C26H26FN5O5/c1-15(33)19-20(34)26(2,27)24(37-19)32-14-28-18-21(32)29-25(30-22(35)17-11-7-4-8-12-17)31-23(18)36-13-16-9-5-3-6-10-16/h3-12,14-15,19-20,24,33-34H,13H2,1-2H3,(H,29,30,31,35)/t15?,19-,20-,24-,26-/m1/s1. The minimum Gasteiger partial charge on any atom is -0.471 e. The van der Waals surface area contributed by atoms with Gasteiger partial charge in [0.2, 0.25) is 11.8 Å². The van der Waals surface area contributed by atoms with E-state index in [1.165, 1.54) is 24.7 Å². The number of aliphatic hydroxyl groups excluding tert-OH is 2. The zero-order valence-corrected chi connectivity index (χ0v) is 20.2. The maximum atomic E-state index is 15.7. The maximum absolute atomic E-state index is 15.7. The van der Waals surface area contributed by atoms with E-state index in [4.69, 9.17) is 9.47 Å². The number of anilines is 1. The predicted octanol–water partition coefficient (Wildman–Crippen LogP) is 3.02. The molecule has 1 unspecified atom stereocenters. The molecule has 1 aliphatic rings. The van der Waals surface area contributed by atoms with Crippen molar-refractivity contribution in [2.24, 2.45) is 0 Å². The number of aromatic nitrogens is 4. The number of nitrogens with one attached hydrogen (secondary N) is 1. The molecule has 0 aliphatic carbocycles. The van der Waals surface area contributed by atoms with Gasteiger partial charge >= 0.3 is 0 Å². The summed E-state index contributed by atoms with van der Waals surface area (Å²) in [5.41, 5.74) is -0.679. The molecule has 3 heterocycles. The molecule has 2 aromatic heterocycles. The van der Waals surface area contributed by atoms with Crippen molar-refractivity contribution in [3.63, 3.8) is 0 Å². The number of aliphatic hydroxyl groups is 2. The first-order valence-electron chi connectivity index (χ1n) is 11.7. The van der Waals surface area contributed by atoms with Crippen LogP contribution in [0.3, 0.4) is 0 Å². The van der Waals surface area contributed by atoms with E-state index in [1.54, 1.807) is 30.3 Å². The van der Waals surface area contributed by atoms with E-state index >= 15 is 4.39 Å². The summed E-state index contributed by atoms with van der Waals surface area (Å²) in [7, 11) is 0. The number of amides is 1. The monoisotopic (exact) mass is 507 g/mol. The summed E-state index contributed by atoms with van der Waals surface area (Å²) in [5.74, 6) is -0.462. The van der Waals surface area contributed by atoms with Crippen molar-refractivity contribution in [1.82, 2.24) is 19.5 Å². The second kappa shape index (κ2) is 9.85. The molecule has 1 amide bonds. The summed E-state index contributed by atoms with van der Waals surface area (Å²) < 4.78 is 28.7. The Hall–Kier alpha value is -3.93. The molecular weight excluding hydrogens is 481 g/mol. The van der Waals surface area contributed by atoms with Crippen LogP contribution in [0.15, 0.2) is 67.0 Å². The summed E-state index contributed by atoms with van der Waals surface area (Å²) in [6.07, 6.45) is -3.93. The van der Waals surface area contributed by atoms with Crippen LogP contribution in [-0.2, 0) is 11.3 Å². The predicted molar refractivity (Wildman–Crippen MR) is 132 cm³/mol. The minimum absolute atomic E-state index is 0.0714. The molecule has 0 spiro atoms. The third-order valence-electron chi connectivity index (χ3n) is 6.26. The molecule has 10 nitrogen and oxygen atoms in total. The van der Waals surface area contributed by atoms with E-state index in [-0.39, 0.29) is 29.6 Å². The van der Waals surface area contributed by atoms with Crippen molar-refractivity contribution < 1.29 is 28.9 Å². The van der Waals surface area contributed by atoms with Crippen molar-refractivity contribution in [2.75, 3.05) is 5.32 Å². The Morgan fingerprint density at radius 3 is 2.51 bits per heavy atom. The van der Waals surface area contributed by atoms with Gasteiger partial charge in [-0.3, -0.25) is 14.7 Å². The lowest BCUT2D eigenvalue weighted by molar-refractivity contribution is -0.0795. The lowest BCUT2D eigenvalue weighted by Crippen LogP contribution is -2.42. The smallest absolute Gasteiger partial charge is 0.258 e. The number of ether oxygens (including phenoxy) is 2. The van der Waals surface area contributed by atoms with Crippen LogP contribution in [0.5, 0.6) is 5.88 Å². The highest BCUT2D eigenvalue weighted by Gasteiger charge is 2.56. The van der Waals surface area contributed by atoms with Crippen LogP contribution < -0.4 is 10.1 Å².